The van der Waals surface area contributed by atoms with Crippen molar-refractivity contribution in [2.24, 2.45) is 4.99 Å². The number of nitrogens with zero attached hydrogens (tertiary/aromatic N) is 3. The van der Waals surface area contributed by atoms with Gasteiger partial charge in [0.15, 0.2) is 0 Å². The van der Waals surface area contributed by atoms with Gasteiger partial charge in [0.2, 0.25) is 15.0 Å². The Morgan fingerprint density at radius 2 is 1.95 bits per heavy atom. The first kappa shape index (κ1) is 14.2. The van der Waals surface area contributed by atoms with E-state index in [1.54, 1.807) is 18.2 Å². The lowest BCUT2D eigenvalue weighted by molar-refractivity contribution is 0.208. The summed E-state index contributed by atoms with van der Waals surface area (Å²) in [5, 5.41) is 0.261. The Labute approximate surface area is 131 Å². The van der Waals surface area contributed by atoms with Crippen molar-refractivity contribution in [3.63, 3.8) is 0 Å². The molecule has 0 aliphatic carbocycles. The van der Waals surface area contributed by atoms with Gasteiger partial charge in [0.05, 0.1) is 5.69 Å². The molecule has 118 valence electrons. The van der Waals surface area contributed by atoms with E-state index in [9.17, 15) is 8.42 Å². The van der Waals surface area contributed by atoms with Gasteiger partial charge in [0.1, 0.15) is 4.90 Å². The maximum Gasteiger partial charge on any atom is 0.241 e. The lowest BCUT2D eigenvalue weighted by atomic mass is 10.1. The van der Waals surface area contributed by atoms with Crippen molar-refractivity contribution in [1.29, 1.82) is 0 Å². The second-order valence-corrected chi connectivity index (χ2v) is 8.13. The molecule has 3 heterocycles. The largest absolute Gasteiger partial charge is 0.345 e. The molecule has 3 aliphatic heterocycles. The van der Waals surface area contributed by atoms with Gasteiger partial charge in [0, 0.05) is 25.2 Å². The fourth-order valence-electron chi connectivity index (χ4n) is 4.14. The number of hydrogen-bond donors (Lipinski definition) is 0. The Morgan fingerprint density at radius 3 is 2.73 bits per heavy atom. The minimum atomic E-state index is -3.45. The maximum absolute atomic E-state index is 12.8. The molecule has 5 nitrogen and oxygen atoms in total. The summed E-state index contributed by atoms with van der Waals surface area (Å²) in [5.74, 6) is 0. The SMILES string of the molecule is CCN1C2CCC1CN(C1=Nc3ccccc3S1(=O)=O)CC2. The van der Waals surface area contributed by atoms with Gasteiger partial charge in [-0.1, -0.05) is 19.1 Å². The van der Waals surface area contributed by atoms with Gasteiger partial charge >= 0.3 is 0 Å². The number of hydrogen-bond acceptors (Lipinski definition) is 5. The van der Waals surface area contributed by atoms with Gasteiger partial charge in [-0.25, -0.2) is 13.4 Å². The van der Waals surface area contributed by atoms with Crippen LogP contribution in [0.5, 0.6) is 0 Å². The van der Waals surface area contributed by atoms with Crippen LogP contribution >= 0.6 is 0 Å². The van der Waals surface area contributed by atoms with Gasteiger partial charge in [-0.3, -0.25) is 4.90 Å². The predicted molar refractivity (Wildman–Crippen MR) is 86.1 cm³/mol. The zero-order valence-electron chi connectivity index (χ0n) is 12.8. The van der Waals surface area contributed by atoms with E-state index in [-0.39, 0.29) is 5.17 Å². The Kier molecular flexibility index (Phi) is 3.27. The molecule has 6 heteroatoms. The van der Waals surface area contributed by atoms with Crippen molar-refractivity contribution < 1.29 is 8.42 Å². The molecule has 2 unspecified atom stereocenters. The Bertz CT molecular complexity index is 729. The highest BCUT2D eigenvalue weighted by Crippen LogP contribution is 2.36. The summed E-state index contributed by atoms with van der Waals surface area (Å²) in [6, 6.07) is 8.10. The number of sulfone groups is 1. The van der Waals surface area contributed by atoms with Crippen LogP contribution in [0.3, 0.4) is 0 Å². The quantitative estimate of drug-likeness (QED) is 0.795. The van der Waals surface area contributed by atoms with Gasteiger partial charge in [0.25, 0.3) is 0 Å². The molecule has 0 saturated carbocycles. The van der Waals surface area contributed by atoms with Crippen molar-refractivity contribution in [1.82, 2.24) is 9.80 Å². The van der Waals surface area contributed by atoms with E-state index >= 15 is 0 Å². The molecule has 0 amide bonds. The van der Waals surface area contributed by atoms with Crippen LogP contribution in [-0.2, 0) is 9.84 Å². The van der Waals surface area contributed by atoms with Crippen LogP contribution in [0, 0.1) is 0 Å². The first-order valence-electron chi connectivity index (χ1n) is 8.04. The number of likely N-dealkylation sites (tertiary alicyclic amines) is 1. The summed E-state index contributed by atoms with van der Waals surface area (Å²) < 4.78 is 25.5. The van der Waals surface area contributed by atoms with E-state index in [2.05, 4.69) is 16.8 Å². The molecule has 2 saturated heterocycles. The molecule has 1 aromatic rings. The van der Waals surface area contributed by atoms with E-state index < -0.39 is 9.84 Å². The molecular formula is C16H21N3O2S. The minimum absolute atomic E-state index is 0.261. The standard InChI is InChI=1S/C16H21N3O2S/c1-2-19-12-7-8-13(19)11-18(10-9-12)16-17-14-5-3-4-6-15(14)22(16,20)21/h3-6,12-13H,2,7-11H2,1H3. The Balaban J connectivity index is 1.67. The molecule has 0 aromatic heterocycles. The molecule has 3 aliphatic rings. The summed E-state index contributed by atoms with van der Waals surface area (Å²) >= 11 is 0. The summed E-state index contributed by atoms with van der Waals surface area (Å²) in [6.45, 7) is 4.80. The van der Waals surface area contributed by atoms with Gasteiger partial charge in [-0.2, -0.15) is 0 Å². The molecule has 22 heavy (non-hydrogen) atoms. The number of benzene rings is 1. The fraction of sp³-hybridized carbons (Fsp3) is 0.562. The van der Waals surface area contributed by atoms with E-state index in [0.29, 0.717) is 22.7 Å². The Morgan fingerprint density at radius 1 is 1.18 bits per heavy atom. The van der Waals surface area contributed by atoms with Crippen molar-refractivity contribution in [2.75, 3.05) is 19.6 Å². The van der Waals surface area contributed by atoms with Gasteiger partial charge < -0.3 is 4.90 Å². The van der Waals surface area contributed by atoms with Crippen LogP contribution < -0.4 is 0 Å². The molecule has 0 N–H and O–H groups in total. The number of aliphatic imine (C=N–C) groups is 1. The van der Waals surface area contributed by atoms with E-state index in [1.807, 2.05) is 11.0 Å². The van der Waals surface area contributed by atoms with Crippen molar-refractivity contribution >= 4 is 20.7 Å². The maximum atomic E-state index is 12.8. The van der Waals surface area contributed by atoms with Crippen LogP contribution in [0.25, 0.3) is 0 Å². The smallest absolute Gasteiger partial charge is 0.241 e. The fourth-order valence-corrected chi connectivity index (χ4v) is 5.71. The molecule has 4 rings (SSSR count). The molecule has 2 atom stereocenters. The zero-order chi connectivity index (χ0) is 15.3. The number of amidine groups is 1. The topological polar surface area (TPSA) is 53.0 Å². The molecule has 0 spiro atoms. The second-order valence-electron chi connectivity index (χ2n) is 6.32. The third-order valence-corrected chi connectivity index (χ3v) is 6.94. The van der Waals surface area contributed by atoms with Crippen molar-refractivity contribution in [2.45, 2.75) is 43.2 Å². The normalized spacial score (nSPS) is 30.0. The van der Waals surface area contributed by atoms with E-state index in [1.165, 1.54) is 6.42 Å². The van der Waals surface area contributed by atoms with Gasteiger partial charge in [-0.05, 0) is 37.9 Å². The number of rotatable bonds is 1. The van der Waals surface area contributed by atoms with Crippen molar-refractivity contribution in [3.05, 3.63) is 24.3 Å². The highest BCUT2D eigenvalue weighted by atomic mass is 32.2. The van der Waals surface area contributed by atoms with E-state index in [4.69, 9.17) is 0 Å². The van der Waals surface area contributed by atoms with Crippen LogP contribution in [-0.4, -0.2) is 55.1 Å². The van der Waals surface area contributed by atoms with Crippen LogP contribution in [0.4, 0.5) is 5.69 Å². The second kappa shape index (κ2) is 5.06. The Hall–Kier alpha value is -1.40. The number of likely N-dealkylation sites (N-methyl/N-ethyl adjacent to an activating group) is 1. The number of para-hydroxylation sites is 1. The summed E-state index contributed by atoms with van der Waals surface area (Å²) in [7, 11) is -3.45. The highest BCUT2D eigenvalue weighted by molar-refractivity contribution is 8.06. The molecular weight excluding hydrogens is 298 g/mol. The highest BCUT2D eigenvalue weighted by Gasteiger charge is 2.41. The van der Waals surface area contributed by atoms with Crippen LogP contribution in [0.2, 0.25) is 0 Å². The first-order valence-corrected chi connectivity index (χ1v) is 9.53. The molecule has 0 radical (unpaired) electrons. The van der Waals surface area contributed by atoms with Crippen LogP contribution in [0.15, 0.2) is 34.2 Å². The zero-order valence-corrected chi connectivity index (χ0v) is 13.6. The monoisotopic (exact) mass is 319 g/mol. The lowest BCUT2D eigenvalue weighted by Gasteiger charge is -2.28. The lowest BCUT2D eigenvalue weighted by Crippen LogP contribution is -2.42. The average molecular weight is 319 g/mol. The van der Waals surface area contributed by atoms with Crippen molar-refractivity contribution in [3.8, 4) is 0 Å². The molecule has 2 bridgehead atoms. The minimum Gasteiger partial charge on any atom is -0.345 e. The van der Waals surface area contributed by atoms with Crippen LogP contribution in [0.1, 0.15) is 26.2 Å². The molecule has 2 fully saturated rings. The average Bonchev–Trinajstić information content (AvgIpc) is 2.93. The third kappa shape index (κ3) is 2.01. The predicted octanol–water partition coefficient (Wildman–Crippen LogP) is 2.02. The summed E-state index contributed by atoms with van der Waals surface area (Å²) in [4.78, 5) is 9.33. The van der Waals surface area contributed by atoms with E-state index in [0.717, 1.165) is 32.5 Å². The third-order valence-electron chi connectivity index (χ3n) is 5.18. The summed E-state index contributed by atoms with van der Waals surface area (Å²) in [5.41, 5.74) is 0.583. The summed E-state index contributed by atoms with van der Waals surface area (Å²) in [6.07, 6.45) is 3.43. The number of fused-ring (bicyclic) bond motifs is 3. The first-order chi connectivity index (χ1) is 10.6. The van der Waals surface area contributed by atoms with Gasteiger partial charge in [-0.15, -0.1) is 0 Å². The molecule has 1 aromatic carbocycles.